The summed E-state index contributed by atoms with van der Waals surface area (Å²) < 4.78 is 30.6. The first-order valence-corrected chi connectivity index (χ1v) is 4.68. The van der Waals surface area contributed by atoms with Crippen LogP contribution in [-0.4, -0.2) is 29.3 Å². The van der Waals surface area contributed by atoms with E-state index in [1.807, 2.05) is 6.92 Å². The van der Waals surface area contributed by atoms with E-state index in [0.717, 1.165) is 4.57 Å². The maximum absolute atomic E-state index is 12.4. The van der Waals surface area contributed by atoms with Crippen LogP contribution in [0, 0.1) is 0 Å². The van der Waals surface area contributed by atoms with Gasteiger partial charge in [-0.05, 0) is 6.92 Å². The van der Waals surface area contributed by atoms with Gasteiger partial charge in [0, 0.05) is 26.0 Å². The van der Waals surface area contributed by atoms with Crippen LogP contribution in [0.5, 0.6) is 0 Å². The molecule has 4 nitrogen and oxygen atoms in total. The van der Waals surface area contributed by atoms with Crippen molar-refractivity contribution in [1.82, 2.24) is 14.9 Å². The highest BCUT2D eigenvalue weighted by Crippen LogP contribution is 2.11. The first kappa shape index (κ1) is 12.1. The Hall–Kier alpha value is -1.01. The number of aromatic nitrogens is 2. The standard InChI is InChI=1S/C9H15F2N3O/c1-7(15-2)5-12-6-8-13-3-4-14(8)9(10)11/h3-4,7,9,12H,5-6H2,1-2H3. The number of halogens is 2. The fourth-order valence-electron chi connectivity index (χ4n) is 1.13. The molecule has 0 aromatic carbocycles. The third-order valence-electron chi connectivity index (χ3n) is 2.08. The highest BCUT2D eigenvalue weighted by molar-refractivity contribution is 4.92. The molecule has 1 heterocycles. The van der Waals surface area contributed by atoms with Gasteiger partial charge in [-0.25, -0.2) is 4.98 Å². The second-order valence-corrected chi connectivity index (χ2v) is 3.21. The number of ether oxygens (including phenoxy) is 1. The molecule has 0 radical (unpaired) electrons. The molecule has 0 bridgehead atoms. The molecule has 0 saturated heterocycles. The Morgan fingerprint density at radius 2 is 2.33 bits per heavy atom. The van der Waals surface area contributed by atoms with Crippen molar-refractivity contribution in [3.8, 4) is 0 Å². The quantitative estimate of drug-likeness (QED) is 0.786. The molecule has 0 amide bonds. The summed E-state index contributed by atoms with van der Waals surface area (Å²) >= 11 is 0. The largest absolute Gasteiger partial charge is 0.380 e. The van der Waals surface area contributed by atoms with Crippen molar-refractivity contribution in [3.05, 3.63) is 18.2 Å². The second kappa shape index (κ2) is 5.77. The molecule has 1 aromatic heterocycles. The number of methoxy groups -OCH3 is 1. The molecule has 1 unspecified atom stereocenters. The predicted octanol–water partition coefficient (Wildman–Crippen LogP) is 1.40. The smallest absolute Gasteiger partial charge is 0.319 e. The highest BCUT2D eigenvalue weighted by Gasteiger charge is 2.10. The number of imidazole rings is 1. The van der Waals surface area contributed by atoms with Gasteiger partial charge in [0.25, 0.3) is 0 Å². The second-order valence-electron chi connectivity index (χ2n) is 3.21. The van der Waals surface area contributed by atoms with Crippen molar-refractivity contribution < 1.29 is 13.5 Å². The molecule has 0 spiro atoms. The minimum Gasteiger partial charge on any atom is -0.380 e. The Labute approximate surface area is 87.3 Å². The number of nitrogens with one attached hydrogen (secondary N) is 1. The van der Waals surface area contributed by atoms with Crippen molar-refractivity contribution in [2.24, 2.45) is 0 Å². The number of rotatable bonds is 6. The zero-order valence-electron chi connectivity index (χ0n) is 8.78. The van der Waals surface area contributed by atoms with E-state index in [-0.39, 0.29) is 6.10 Å². The van der Waals surface area contributed by atoms with E-state index in [0.29, 0.717) is 18.9 Å². The van der Waals surface area contributed by atoms with Crippen molar-refractivity contribution >= 4 is 0 Å². The first-order chi connectivity index (χ1) is 7.15. The molecule has 0 fully saturated rings. The molecule has 6 heteroatoms. The van der Waals surface area contributed by atoms with Gasteiger partial charge in [0.15, 0.2) is 0 Å². The van der Waals surface area contributed by atoms with Crippen LogP contribution < -0.4 is 5.32 Å². The summed E-state index contributed by atoms with van der Waals surface area (Å²) in [5, 5.41) is 2.99. The third kappa shape index (κ3) is 3.56. The first-order valence-electron chi connectivity index (χ1n) is 4.68. The molecule has 1 N–H and O–H groups in total. The molecule has 86 valence electrons. The summed E-state index contributed by atoms with van der Waals surface area (Å²) in [6.07, 6.45) is 2.68. The zero-order chi connectivity index (χ0) is 11.3. The molecule has 15 heavy (non-hydrogen) atoms. The van der Waals surface area contributed by atoms with Crippen molar-refractivity contribution in [3.63, 3.8) is 0 Å². The Bertz CT molecular complexity index is 291. The lowest BCUT2D eigenvalue weighted by Crippen LogP contribution is -2.26. The van der Waals surface area contributed by atoms with E-state index in [9.17, 15) is 8.78 Å². The summed E-state index contributed by atoms with van der Waals surface area (Å²) in [6, 6.07) is 0. The predicted molar refractivity (Wildman–Crippen MR) is 51.7 cm³/mol. The van der Waals surface area contributed by atoms with Crippen molar-refractivity contribution in [1.29, 1.82) is 0 Å². The van der Waals surface area contributed by atoms with E-state index in [2.05, 4.69) is 10.3 Å². The summed E-state index contributed by atoms with van der Waals surface area (Å²) in [5.74, 6) is 0.327. The lowest BCUT2D eigenvalue weighted by molar-refractivity contribution is 0.0661. The van der Waals surface area contributed by atoms with Crippen LogP contribution in [0.25, 0.3) is 0 Å². The van der Waals surface area contributed by atoms with Crippen molar-refractivity contribution in [2.75, 3.05) is 13.7 Å². The minimum absolute atomic E-state index is 0.0555. The fourth-order valence-corrected chi connectivity index (χ4v) is 1.13. The number of hydrogen-bond donors (Lipinski definition) is 1. The molecule has 0 aliphatic rings. The molecule has 1 aromatic rings. The maximum Gasteiger partial charge on any atom is 0.319 e. The van der Waals surface area contributed by atoms with Gasteiger partial charge in [0.05, 0.1) is 12.6 Å². The summed E-state index contributed by atoms with van der Waals surface area (Å²) in [4.78, 5) is 3.84. The highest BCUT2D eigenvalue weighted by atomic mass is 19.3. The van der Waals surface area contributed by atoms with E-state index >= 15 is 0 Å². The van der Waals surface area contributed by atoms with Gasteiger partial charge in [-0.3, -0.25) is 4.57 Å². The Kier molecular flexibility index (Phi) is 4.64. The lowest BCUT2D eigenvalue weighted by atomic mass is 10.4. The monoisotopic (exact) mass is 219 g/mol. The fraction of sp³-hybridized carbons (Fsp3) is 0.667. The van der Waals surface area contributed by atoms with Gasteiger partial charge in [0.1, 0.15) is 5.82 Å². The van der Waals surface area contributed by atoms with Gasteiger partial charge in [-0.1, -0.05) is 0 Å². The van der Waals surface area contributed by atoms with E-state index in [1.165, 1.54) is 12.4 Å². The Balaban J connectivity index is 2.40. The van der Waals surface area contributed by atoms with Gasteiger partial charge < -0.3 is 10.1 Å². The van der Waals surface area contributed by atoms with Gasteiger partial charge >= 0.3 is 6.55 Å². The number of alkyl halides is 2. The number of nitrogens with zero attached hydrogens (tertiary/aromatic N) is 2. The van der Waals surface area contributed by atoms with Crippen LogP contribution in [0.3, 0.4) is 0 Å². The van der Waals surface area contributed by atoms with Crippen LogP contribution in [0.15, 0.2) is 12.4 Å². The average molecular weight is 219 g/mol. The lowest BCUT2D eigenvalue weighted by Gasteiger charge is -2.11. The maximum atomic E-state index is 12.4. The summed E-state index contributed by atoms with van der Waals surface area (Å²) in [7, 11) is 1.60. The normalized spacial score (nSPS) is 13.4. The van der Waals surface area contributed by atoms with Crippen LogP contribution >= 0.6 is 0 Å². The van der Waals surface area contributed by atoms with E-state index in [4.69, 9.17) is 4.74 Å². The van der Waals surface area contributed by atoms with Gasteiger partial charge in [0.2, 0.25) is 0 Å². The van der Waals surface area contributed by atoms with Gasteiger partial charge in [-0.15, -0.1) is 0 Å². The van der Waals surface area contributed by atoms with Crippen LogP contribution in [0.1, 0.15) is 19.3 Å². The van der Waals surface area contributed by atoms with Crippen LogP contribution in [0.2, 0.25) is 0 Å². The minimum atomic E-state index is -2.54. The molecule has 0 aliphatic carbocycles. The van der Waals surface area contributed by atoms with Crippen molar-refractivity contribution in [2.45, 2.75) is 26.1 Å². The molecule has 0 aliphatic heterocycles. The SMILES string of the molecule is COC(C)CNCc1nccn1C(F)F. The average Bonchev–Trinajstić information content (AvgIpc) is 2.65. The van der Waals surface area contributed by atoms with Crippen LogP contribution in [-0.2, 0) is 11.3 Å². The Morgan fingerprint density at radius 1 is 1.60 bits per heavy atom. The summed E-state index contributed by atoms with van der Waals surface area (Å²) in [5.41, 5.74) is 0. The topological polar surface area (TPSA) is 39.1 Å². The zero-order valence-corrected chi connectivity index (χ0v) is 8.78. The Morgan fingerprint density at radius 3 is 2.93 bits per heavy atom. The van der Waals surface area contributed by atoms with Gasteiger partial charge in [-0.2, -0.15) is 8.78 Å². The molecule has 1 rings (SSSR count). The van der Waals surface area contributed by atoms with E-state index in [1.54, 1.807) is 7.11 Å². The summed E-state index contributed by atoms with van der Waals surface area (Å²) in [6.45, 7) is 0.272. The molecule has 0 saturated carbocycles. The van der Waals surface area contributed by atoms with E-state index < -0.39 is 6.55 Å². The van der Waals surface area contributed by atoms with Crippen LogP contribution in [0.4, 0.5) is 8.78 Å². The molecule has 1 atom stereocenters. The molecular formula is C9H15F2N3O. The number of hydrogen-bond acceptors (Lipinski definition) is 3. The third-order valence-corrected chi connectivity index (χ3v) is 2.08. The molecular weight excluding hydrogens is 204 g/mol.